The lowest BCUT2D eigenvalue weighted by Crippen LogP contribution is -2.57. The van der Waals surface area contributed by atoms with Crippen LogP contribution in [0, 0.1) is 0 Å². The van der Waals surface area contributed by atoms with Gasteiger partial charge in [-0.25, -0.2) is 0 Å². The molecule has 1 saturated heterocycles. The first-order chi connectivity index (χ1) is 9.40. The summed E-state index contributed by atoms with van der Waals surface area (Å²) in [6.07, 6.45) is -5.74. The number of hydrogen-bond acceptors (Lipinski definition) is 7. The summed E-state index contributed by atoms with van der Waals surface area (Å²) in [7, 11) is 0. The van der Waals surface area contributed by atoms with E-state index in [1.54, 1.807) is 6.92 Å². The summed E-state index contributed by atoms with van der Waals surface area (Å²) in [6.45, 7) is 1.47. The highest BCUT2D eigenvalue weighted by molar-refractivity contribution is 5.38. The number of ether oxygens (including phenoxy) is 2. The van der Waals surface area contributed by atoms with E-state index in [1.807, 2.05) is 0 Å². The van der Waals surface area contributed by atoms with Crippen molar-refractivity contribution in [2.75, 3.05) is 0 Å². The Labute approximate surface area is 115 Å². The Morgan fingerprint density at radius 1 is 1.10 bits per heavy atom. The minimum Gasteiger partial charge on any atom is -0.508 e. The van der Waals surface area contributed by atoms with Crippen molar-refractivity contribution in [2.45, 2.75) is 44.2 Å². The molecule has 1 fully saturated rings. The van der Waals surface area contributed by atoms with Gasteiger partial charge in [-0.15, -0.1) is 0 Å². The molecule has 1 aliphatic rings. The molecule has 1 aromatic rings. The zero-order valence-corrected chi connectivity index (χ0v) is 10.9. The SMILES string of the molecule is CC1OC(OCc2ccc(O)cc2O)C(O)C(O)C1O. The summed E-state index contributed by atoms with van der Waals surface area (Å²) < 4.78 is 10.6. The normalized spacial score (nSPS) is 34.1. The lowest BCUT2D eigenvalue weighted by atomic mass is 10.00. The highest BCUT2D eigenvalue weighted by atomic mass is 16.7. The molecule has 1 heterocycles. The van der Waals surface area contributed by atoms with E-state index in [9.17, 15) is 20.4 Å². The smallest absolute Gasteiger partial charge is 0.186 e. The van der Waals surface area contributed by atoms with Crippen molar-refractivity contribution in [1.29, 1.82) is 0 Å². The van der Waals surface area contributed by atoms with Crippen LogP contribution in [0.1, 0.15) is 12.5 Å². The fraction of sp³-hybridized carbons (Fsp3) is 0.538. The van der Waals surface area contributed by atoms with Crippen molar-refractivity contribution >= 4 is 0 Å². The molecule has 7 nitrogen and oxygen atoms in total. The summed E-state index contributed by atoms with van der Waals surface area (Å²) >= 11 is 0. The van der Waals surface area contributed by atoms with Gasteiger partial charge in [0.15, 0.2) is 6.29 Å². The van der Waals surface area contributed by atoms with Crippen molar-refractivity contribution in [3.05, 3.63) is 23.8 Å². The Morgan fingerprint density at radius 2 is 1.80 bits per heavy atom. The third kappa shape index (κ3) is 3.02. The zero-order chi connectivity index (χ0) is 14.9. The van der Waals surface area contributed by atoms with Crippen LogP contribution in [0.5, 0.6) is 11.5 Å². The van der Waals surface area contributed by atoms with E-state index in [1.165, 1.54) is 12.1 Å². The molecule has 112 valence electrons. The number of hydrogen-bond donors (Lipinski definition) is 5. The fourth-order valence-electron chi connectivity index (χ4n) is 2.00. The van der Waals surface area contributed by atoms with Crippen LogP contribution < -0.4 is 0 Å². The molecule has 2 rings (SSSR count). The van der Waals surface area contributed by atoms with Crippen molar-refractivity contribution in [3.63, 3.8) is 0 Å². The topological polar surface area (TPSA) is 120 Å². The van der Waals surface area contributed by atoms with Gasteiger partial charge in [0.05, 0.1) is 12.7 Å². The van der Waals surface area contributed by atoms with Gasteiger partial charge in [0.25, 0.3) is 0 Å². The zero-order valence-electron chi connectivity index (χ0n) is 10.9. The molecule has 0 saturated carbocycles. The first-order valence-corrected chi connectivity index (χ1v) is 6.22. The Bertz CT molecular complexity index is 464. The summed E-state index contributed by atoms with van der Waals surface area (Å²) in [4.78, 5) is 0. The molecule has 1 aromatic carbocycles. The maximum absolute atomic E-state index is 9.75. The second-order valence-electron chi connectivity index (χ2n) is 4.81. The first-order valence-electron chi connectivity index (χ1n) is 6.22. The van der Waals surface area contributed by atoms with Gasteiger partial charge in [0, 0.05) is 11.6 Å². The number of aliphatic hydroxyl groups excluding tert-OH is 3. The number of aliphatic hydroxyl groups is 3. The summed E-state index contributed by atoms with van der Waals surface area (Å²) in [5, 5.41) is 47.7. The van der Waals surface area contributed by atoms with Crippen LogP contribution in [0.15, 0.2) is 18.2 Å². The van der Waals surface area contributed by atoms with E-state index in [-0.39, 0.29) is 18.1 Å². The van der Waals surface area contributed by atoms with Gasteiger partial charge in [-0.1, -0.05) is 0 Å². The second kappa shape index (κ2) is 5.94. The summed E-state index contributed by atoms with van der Waals surface area (Å²) in [5.74, 6) is -0.226. The maximum Gasteiger partial charge on any atom is 0.186 e. The number of aromatic hydroxyl groups is 2. The molecule has 0 aliphatic carbocycles. The van der Waals surface area contributed by atoms with Gasteiger partial charge in [0.2, 0.25) is 0 Å². The van der Waals surface area contributed by atoms with Gasteiger partial charge in [0.1, 0.15) is 29.8 Å². The van der Waals surface area contributed by atoms with Crippen LogP contribution in [0.4, 0.5) is 0 Å². The molecule has 5 unspecified atom stereocenters. The number of rotatable bonds is 3. The van der Waals surface area contributed by atoms with E-state index in [0.29, 0.717) is 5.56 Å². The van der Waals surface area contributed by atoms with E-state index in [2.05, 4.69) is 0 Å². The van der Waals surface area contributed by atoms with Crippen molar-refractivity contribution in [2.24, 2.45) is 0 Å². The Morgan fingerprint density at radius 3 is 2.45 bits per heavy atom. The van der Waals surface area contributed by atoms with Crippen molar-refractivity contribution in [1.82, 2.24) is 0 Å². The van der Waals surface area contributed by atoms with Crippen molar-refractivity contribution < 1.29 is 35.0 Å². The molecule has 5 atom stereocenters. The van der Waals surface area contributed by atoms with Crippen LogP contribution in [0.2, 0.25) is 0 Å². The van der Waals surface area contributed by atoms with E-state index in [0.717, 1.165) is 6.07 Å². The minimum absolute atomic E-state index is 0.0765. The lowest BCUT2D eigenvalue weighted by molar-refractivity contribution is -0.296. The average Bonchev–Trinajstić information content (AvgIpc) is 2.40. The molecule has 0 spiro atoms. The molecule has 20 heavy (non-hydrogen) atoms. The molecule has 1 aliphatic heterocycles. The molecule has 7 heteroatoms. The lowest BCUT2D eigenvalue weighted by Gasteiger charge is -2.38. The second-order valence-corrected chi connectivity index (χ2v) is 4.81. The average molecular weight is 286 g/mol. The van der Waals surface area contributed by atoms with Crippen LogP contribution in [-0.4, -0.2) is 56.2 Å². The largest absolute Gasteiger partial charge is 0.508 e. The summed E-state index contributed by atoms with van der Waals surface area (Å²) in [6, 6.07) is 4.02. The minimum atomic E-state index is -1.39. The quantitative estimate of drug-likeness (QED) is 0.505. The fourth-order valence-corrected chi connectivity index (χ4v) is 2.00. The first kappa shape index (κ1) is 15.0. The Hall–Kier alpha value is -1.38. The molecular weight excluding hydrogens is 268 g/mol. The maximum atomic E-state index is 9.75. The van der Waals surface area contributed by atoms with Gasteiger partial charge in [-0.05, 0) is 19.1 Å². The third-order valence-corrected chi connectivity index (χ3v) is 3.28. The van der Waals surface area contributed by atoms with Gasteiger partial charge >= 0.3 is 0 Å². The molecular formula is C13H18O7. The number of phenolic OH excluding ortho intramolecular Hbond substituents is 2. The Balaban J connectivity index is 1.99. The highest BCUT2D eigenvalue weighted by Gasteiger charge is 2.42. The predicted molar refractivity (Wildman–Crippen MR) is 66.9 cm³/mol. The molecule has 5 N–H and O–H groups in total. The van der Waals surface area contributed by atoms with Crippen LogP contribution in [0.25, 0.3) is 0 Å². The van der Waals surface area contributed by atoms with Gasteiger partial charge in [-0.2, -0.15) is 0 Å². The molecule has 0 bridgehead atoms. The number of benzene rings is 1. The third-order valence-electron chi connectivity index (χ3n) is 3.28. The van der Waals surface area contributed by atoms with Gasteiger partial charge < -0.3 is 35.0 Å². The van der Waals surface area contributed by atoms with Crippen LogP contribution >= 0.6 is 0 Å². The predicted octanol–water partition coefficient (Wildman–Crippen LogP) is -0.558. The monoisotopic (exact) mass is 286 g/mol. The van der Waals surface area contributed by atoms with E-state index < -0.39 is 30.7 Å². The van der Waals surface area contributed by atoms with Crippen LogP contribution in [-0.2, 0) is 16.1 Å². The molecule has 0 radical (unpaired) electrons. The van der Waals surface area contributed by atoms with E-state index in [4.69, 9.17) is 14.6 Å². The van der Waals surface area contributed by atoms with Crippen molar-refractivity contribution in [3.8, 4) is 11.5 Å². The summed E-state index contributed by atoms with van der Waals surface area (Å²) in [5.41, 5.74) is 0.395. The molecule has 0 aromatic heterocycles. The van der Waals surface area contributed by atoms with Gasteiger partial charge in [-0.3, -0.25) is 0 Å². The standard InChI is InChI=1S/C13H18O7/c1-6-10(16)11(17)12(18)13(20-6)19-5-7-2-3-8(14)4-9(7)15/h2-4,6,10-18H,5H2,1H3. The Kier molecular flexibility index (Phi) is 4.46. The number of phenols is 2. The van der Waals surface area contributed by atoms with Crippen LogP contribution in [0.3, 0.4) is 0 Å². The molecule has 0 amide bonds. The van der Waals surface area contributed by atoms with E-state index >= 15 is 0 Å². The highest BCUT2D eigenvalue weighted by Crippen LogP contribution is 2.26.